The zero-order valence-corrected chi connectivity index (χ0v) is 11.6. The van der Waals surface area contributed by atoms with Gasteiger partial charge in [0.25, 0.3) is 5.67 Å². The second kappa shape index (κ2) is 6.52. The fourth-order valence-electron chi connectivity index (χ4n) is 2.02. The zero-order chi connectivity index (χ0) is 17.2. The number of carbonyl (C=O) groups excluding carboxylic acids is 1. The summed E-state index contributed by atoms with van der Waals surface area (Å²) >= 11 is 0. The van der Waals surface area contributed by atoms with Crippen molar-refractivity contribution in [2.75, 3.05) is 0 Å². The largest absolute Gasteiger partial charge is 0.417 e. The second-order valence-electron chi connectivity index (χ2n) is 4.95. The quantitative estimate of drug-likeness (QED) is 0.204. The molecule has 2 rings (SSSR count). The third-order valence-electron chi connectivity index (χ3n) is 3.30. The van der Waals surface area contributed by atoms with Crippen LogP contribution < -0.4 is 4.74 Å². The Hall–Kier alpha value is -2.17. The number of carbonyl (C=O) groups is 1. The van der Waals surface area contributed by atoms with E-state index in [1.807, 2.05) is 5.92 Å². The molecule has 1 aromatic carbocycles. The SMILES string of the molecule is O=C(Oc1c(F)c(F)c(F)c(F)c1F)C1(F)C#CCCCCC1. The van der Waals surface area contributed by atoms with Gasteiger partial charge in [-0.3, -0.25) is 0 Å². The Kier molecular flexibility index (Phi) is 4.88. The van der Waals surface area contributed by atoms with Crippen molar-refractivity contribution in [3.05, 3.63) is 29.1 Å². The lowest BCUT2D eigenvalue weighted by Gasteiger charge is -2.19. The molecule has 2 nitrogen and oxygen atoms in total. The van der Waals surface area contributed by atoms with Crippen LogP contribution in [0.2, 0.25) is 0 Å². The molecule has 8 heteroatoms. The number of hydrogen-bond donors (Lipinski definition) is 0. The molecule has 0 fully saturated rings. The van der Waals surface area contributed by atoms with Crippen molar-refractivity contribution in [3.8, 4) is 17.6 Å². The molecule has 0 aromatic heterocycles. The van der Waals surface area contributed by atoms with Crippen molar-refractivity contribution in [1.82, 2.24) is 0 Å². The van der Waals surface area contributed by atoms with Gasteiger partial charge in [-0.15, -0.1) is 0 Å². The number of alkyl halides is 1. The van der Waals surface area contributed by atoms with Gasteiger partial charge < -0.3 is 4.74 Å². The maximum atomic E-state index is 14.5. The smallest absolute Gasteiger partial charge is 0.362 e. The average molecular weight is 336 g/mol. The summed E-state index contributed by atoms with van der Waals surface area (Å²) in [5, 5.41) is 0. The molecule has 1 aliphatic rings. The molecule has 1 unspecified atom stereocenters. The summed E-state index contributed by atoms with van der Waals surface area (Å²) in [4.78, 5) is 11.8. The first-order chi connectivity index (χ1) is 10.8. The van der Waals surface area contributed by atoms with Crippen LogP contribution in [0.5, 0.6) is 5.75 Å². The third kappa shape index (κ3) is 3.28. The van der Waals surface area contributed by atoms with E-state index < -0.39 is 52.9 Å². The zero-order valence-electron chi connectivity index (χ0n) is 11.6. The molecule has 1 aromatic rings. The highest BCUT2D eigenvalue weighted by atomic mass is 19.2. The van der Waals surface area contributed by atoms with Crippen LogP contribution in [-0.2, 0) is 4.79 Å². The molecule has 0 saturated carbocycles. The summed E-state index contributed by atoms with van der Waals surface area (Å²) in [6.45, 7) is 0. The van der Waals surface area contributed by atoms with E-state index in [-0.39, 0.29) is 6.42 Å². The highest BCUT2D eigenvalue weighted by Gasteiger charge is 2.41. The number of hydrogen-bond acceptors (Lipinski definition) is 2. The molecule has 0 bridgehead atoms. The summed E-state index contributed by atoms with van der Waals surface area (Å²) in [6, 6.07) is 0. The molecule has 0 spiro atoms. The molecule has 124 valence electrons. The molecular weight excluding hydrogens is 326 g/mol. The van der Waals surface area contributed by atoms with Crippen LogP contribution in [0.1, 0.15) is 32.1 Å². The molecule has 0 aliphatic heterocycles. The number of halogens is 6. The molecule has 23 heavy (non-hydrogen) atoms. The van der Waals surface area contributed by atoms with Gasteiger partial charge in [0.05, 0.1) is 0 Å². The summed E-state index contributed by atoms with van der Waals surface area (Å²) in [7, 11) is 0. The Morgan fingerprint density at radius 3 is 2.09 bits per heavy atom. The van der Waals surface area contributed by atoms with Crippen LogP contribution in [0.3, 0.4) is 0 Å². The summed E-state index contributed by atoms with van der Waals surface area (Å²) < 4.78 is 84.5. The standard InChI is InChI=1S/C15H10F6O2/c16-8-9(17)11(19)13(12(20)10(8)18)23-14(22)15(21)6-4-2-1-3-5-7-15/h1-4,6H2. The van der Waals surface area contributed by atoms with Crippen LogP contribution in [0.4, 0.5) is 26.3 Å². The molecule has 1 atom stereocenters. The normalized spacial score (nSPS) is 21.0. The van der Waals surface area contributed by atoms with E-state index in [1.54, 1.807) is 0 Å². The molecule has 1 aliphatic carbocycles. The maximum Gasteiger partial charge on any atom is 0.362 e. The van der Waals surface area contributed by atoms with E-state index in [0.29, 0.717) is 19.3 Å². The lowest BCUT2D eigenvalue weighted by Crippen LogP contribution is -2.37. The van der Waals surface area contributed by atoms with Crippen molar-refractivity contribution in [3.63, 3.8) is 0 Å². The minimum Gasteiger partial charge on any atom is -0.417 e. The van der Waals surface area contributed by atoms with E-state index in [0.717, 1.165) is 0 Å². The lowest BCUT2D eigenvalue weighted by molar-refractivity contribution is -0.145. The summed E-state index contributed by atoms with van der Waals surface area (Å²) in [5.41, 5.74) is -2.86. The predicted molar refractivity (Wildman–Crippen MR) is 66.6 cm³/mol. The summed E-state index contributed by atoms with van der Waals surface area (Å²) in [6.07, 6.45) is 1.47. The molecule has 0 saturated heterocycles. The Balaban J connectivity index is 2.37. The van der Waals surface area contributed by atoms with E-state index in [2.05, 4.69) is 10.7 Å². The van der Waals surface area contributed by atoms with Crippen molar-refractivity contribution < 1.29 is 35.9 Å². The van der Waals surface area contributed by atoms with Gasteiger partial charge in [0.15, 0.2) is 0 Å². The first kappa shape index (κ1) is 17.2. The van der Waals surface area contributed by atoms with Gasteiger partial charge in [0.2, 0.25) is 34.8 Å². The first-order valence-corrected chi connectivity index (χ1v) is 6.70. The van der Waals surface area contributed by atoms with Crippen LogP contribution in [0.25, 0.3) is 0 Å². The Labute approximate surface area is 127 Å². The number of benzene rings is 1. The minimum absolute atomic E-state index is 0.261. The topological polar surface area (TPSA) is 26.3 Å². The maximum absolute atomic E-state index is 14.5. The summed E-state index contributed by atoms with van der Waals surface area (Å²) in [5.74, 6) is -10.9. The monoisotopic (exact) mass is 336 g/mol. The van der Waals surface area contributed by atoms with Crippen molar-refractivity contribution in [1.29, 1.82) is 0 Å². The van der Waals surface area contributed by atoms with Gasteiger partial charge in [0.1, 0.15) is 0 Å². The van der Waals surface area contributed by atoms with Gasteiger partial charge in [0, 0.05) is 12.8 Å². The van der Waals surface area contributed by atoms with Gasteiger partial charge in [-0.25, -0.2) is 22.4 Å². The molecule has 0 N–H and O–H groups in total. The average Bonchev–Trinajstić information content (AvgIpc) is 2.51. The Morgan fingerprint density at radius 1 is 0.913 bits per heavy atom. The number of rotatable bonds is 2. The van der Waals surface area contributed by atoms with Gasteiger partial charge in [-0.05, 0) is 12.8 Å². The first-order valence-electron chi connectivity index (χ1n) is 6.70. The van der Waals surface area contributed by atoms with Crippen LogP contribution >= 0.6 is 0 Å². The number of ether oxygens (including phenoxy) is 1. The van der Waals surface area contributed by atoms with Crippen LogP contribution in [0.15, 0.2) is 0 Å². The fourth-order valence-corrected chi connectivity index (χ4v) is 2.02. The van der Waals surface area contributed by atoms with Gasteiger partial charge in [-0.1, -0.05) is 18.3 Å². The van der Waals surface area contributed by atoms with Gasteiger partial charge in [-0.2, -0.15) is 8.78 Å². The van der Waals surface area contributed by atoms with Crippen molar-refractivity contribution >= 4 is 5.97 Å². The van der Waals surface area contributed by atoms with Gasteiger partial charge >= 0.3 is 5.97 Å². The molecule has 0 amide bonds. The highest BCUT2D eigenvalue weighted by molar-refractivity contribution is 5.85. The second-order valence-corrected chi connectivity index (χ2v) is 4.95. The van der Waals surface area contributed by atoms with E-state index in [1.165, 1.54) is 0 Å². The highest BCUT2D eigenvalue weighted by Crippen LogP contribution is 2.31. The Bertz CT molecular complexity index is 677. The van der Waals surface area contributed by atoms with E-state index in [4.69, 9.17) is 0 Å². The third-order valence-corrected chi connectivity index (χ3v) is 3.30. The Morgan fingerprint density at radius 2 is 1.48 bits per heavy atom. The molecular formula is C15H10F6O2. The predicted octanol–water partition coefficient (Wildman–Crippen LogP) is 3.96. The molecule has 0 heterocycles. The van der Waals surface area contributed by atoms with Crippen molar-refractivity contribution in [2.45, 2.75) is 37.8 Å². The van der Waals surface area contributed by atoms with E-state index >= 15 is 0 Å². The minimum atomic E-state index is -2.86. The molecule has 0 radical (unpaired) electrons. The number of esters is 1. The lowest BCUT2D eigenvalue weighted by atomic mass is 9.95. The van der Waals surface area contributed by atoms with Crippen LogP contribution in [0, 0.1) is 40.9 Å². The van der Waals surface area contributed by atoms with Crippen molar-refractivity contribution in [2.24, 2.45) is 0 Å². The fraction of sp³-hybridized carbons (Fsp3) is 0.400. The van der Waals surface area contributed by atoms with E-state index in [9.17, 15) is 31.1 Å². The van der Waals surface area contributed by atoms with Crippen LogP contribution in [-0.4, -0.2) is 11.6 Å².